The molecule has 0 spiro atoms. The van der Waals surface area contributed by atoms with E-state index < -0.39 is 0 Å². The molecule has 0 aliphatic carbocycles. The van der Waals surface area contributed by atoms with Crippen molar-refractivity contribution in [1.29, 1.82) is 0 Å². The zero-order valence-corrected chi connectivity index (χ0v) is 14.8. The van der Waals surface area contributed by atoms with Crippen LogP contribution in [0, 0.1) is 6.92 Å². The molecule has 1 amide bonds. The molecule has 8 nitrogen and oxygen atoms in total. The largest absolute Gasteiger partial charge is 0.333 e. The molecule has 2 aromatic rings. The summed E-state index contributed by atoms with van der Waals surface area (Å²) in [5, 5.41) is 4.33. The van der Waals surface area contributed by atoms with E-state index in [1.165, 1.54) is 25.9 Å². The smallest absolute Gasteiger partial charge is 0.293 e. The normalized spacial score (nSPS) is 19.8. The summed E-state index contributed by atoms with van der Waals surface area (Å²) in [6, 6.07) is 1.86. The Bertz CT molecular complexity index is 745. The summed E-state index contributed by atoms with van der Waals surface area (Å²) in [7, 11) is 0. The topological polar surface area (TPSA) is 69.9 Å². The van der Waals surface area contributed by atoms with Crippen LogP contribution in [-0.2, 0) is 0 Å². The zero-order chi connectivity index (χ0) is 17.2. The van der Waals surface area contributed by atoms with Crippen LogP contribution in [0.4, 0.5) is 0 Å². The minimum Gasteiger partial charge on any atom is -0.333 e. The second kappa shape index (κ2) is 7.05. The van der Waals surface area contributed by atoms with Crippen LogP contribution in [0.15, 0.2) is 12.3 Å². The fourth-order valence-electron chi connectivity index (χ4n) is 3.60. The fraction of sp³-hybridized carbons (Fsp3) is 0.647. The van der Waals surface area contributed by atoms with E-state index in [1.54, 1.807) is 10.7 Å². The number of piperazine rings is 1. The van der Waals surface area contributed by atoms with E-state index in [4.69, 9.17) is 0 Å². The number of hydrogen-bond acceptors (Lipinski definition) is 6. The number of rotatable bonds is 4. The molecule has 0 unspecified atom stereocenters. The summed E-state index contributed by atoms with van der Waals surface area (Å²) in [4.78, 5) is 28.0. The van der Waals surface area contributed by atoms with E-state index in [2.05, 4.69) is 24.9 Å². The molecule has 0 saturated carbocycles. The summed E-state index contributed by atoms with van der Waals surface area (Å²) in [6.07, 6.45) is 4.36. The highest BCUT2D eigenvalue weighted by Gasteiger charge is 2.25. The van der Waals surface area contributed by atoms with Crippen molar-refractivity contribution in [2.24, 2.45) is 0 Å². The first kappa shape index (κ1) is 16.4. The van der Waals surface area contributed by atoms with Gasteiger partial charge in [0.2, 0.25) is 5.82 Å². The minimum atomic E-state index is -0.0934. The third-order valence-electron chi connectivity index (χ3n) is 5.21. The summed E-state index contributed by atoms with van der Waals surface area (Å²) in [5.74, 6) is 0.629. The van der Waals surface area contributed by atoms with Gasteiger partial charge in [-0.25, -0.2) is 9.50 Å². The number of hydrogen-bond donors (Lipinski definition) is 0. The molecular weight excluding hydrogens is 318 g/mol. The highest BCUT2D eigenvalue weighted by molar-refractivity contribution is 5.91. The molecule has 2 saturated heterocycles. The maximum absolute atomic E-state index is 12.7. The Morgan fingerprint density at radius 2 is 1.72 bits per heavy atom. The summed E-state index contributed by atoms with van der Waals surface area (Å²) in [6.45, 7) is 9.97. The molecule has 25 heavy (non-hydrogen) atoms. The second-order valence-electron chi connectivity index (χ2n) is 6.92. The maximum Gasteiger partial charge on any atom is 0.293 e. The first-order valence-corrected chi connectivity index (χ1v) is 9.13. The van der Waals surface area contributed by atoms with Crippen LogP contribution < -0.4 is 0 Å². The molecule has 0 bridgehead atoms. The summed E-state index contributed by atoms with van der Waals surface area (Å²) >= 11 is 0. The lowest BCUT2D eigenvalue weighted by atomic mass is 10.3. The van der Waals surface area contributed by atoms with Crippen molar-refractivity contribution < 1.29 is 4.79 Å². The van der Waals surface area contributed by atoms with Crippen LogP contribution in [0.2, 0.25) is 0 Å². The molecule has 0 N–H and O–H groups in total. The molecule has 134 valence electrons. The zero-order valence-electron chi connectivity index (χ0n) is 14.8. The maximum atomic E-state index is 12.7. The van der Waals surface area contributed by atoms with Crippen molar-refractivity contribution in [3.05, 3.63) is 23.8 Å². The van der Waals surface area contributed by atoms with Gasteiger partial charge in [0, 0.05) is 51.2 Å². The molecule has 4 rings (SSSR count). The third kappa shape index (κ3) is 3.50. The predicted octanol–water partition coefficient (Wildman–Crippen LogP) is 0.286. The summed E-state index contributed by atoms with van der Waals surface area (Å²) < 4.78 is 1.62. The van der Waals surface area contributed by atoms with Gasteiger partial charge in [-0.05, 0) is 38.9 Å². The van der Waals surface area contributed by atoms with Crippen molar-refractivity contribution in [3.8, 4) is 0 Å². The lowest BCUT2D eigenvalue weighted by Gasteiger charge is -2.34. The monoisotopic (exact) mass is 343 g/mol. The Morgan fingerprint density at radius 3 is 2.40 bits per heavy atom. The molecule has 2 fully saturated rings. The van der Waals surface area contributed by atoms with E-state index >= 15 is 0 Å². The van der Waals surface area contributed by atoms with Crippen molar-refractivity contribution in [1.82, 2.24) is 34.3 Å². The van der Waals surface area contributed by atoms with E-state index in [0.717, 1.165) is 45.0 Å². The number of aromatic nitrogens is 4. The van der Waals surface area contributed by atoms with Crippen molar-refractivity contribution in [2.75, 3.05) is 52.4 Å². The number of likely N-dealkylation sites (tertiary alicyclic amines) is 1. The molecule has 2 aliphatic heterocycles. The number of carbonyl (C=O) groups is 1. The Kier molecular flexibility index (Phi) is 4.63. The average Bonchev–Trinajstić information content (AvgIpc) is 3.30. The van der Waals surface area contributed by atoms with Gasteiger partial charge in [-0.3, -0.25) is 9.69 Å². The molecule has 8 heteroatoms. The van der Waals surface area contributed by atoms with Crippen LogP contribution in [-0.4, -0.2) is 92.5 Å². The number of amides is 1. The van der Waals surface area contributed by atoms with Crippen LogP contribution in [0.3, 0.4) is 0 Å². The first-order valence-electron chi connectivity index (χ1n) is 9.13. The molecule has 0 radical (unpaired) electrons. The van der Waals surface area contributed by atoms with Gasteiger partial charge in [-0.1, -0.05) is 0 Å². The van der Waals surface area contributed by atoms with E-state index in [1.807, 2.05) is 17.9 Å². The molecule has 4 heterocycles. The Labute approximate surface area is 147 Å². The Balaban J connectivity index is 1.33. The highest BCUT2D eigenvalue weighted by atomic mass is 16.2. The van der Waals surface area contributed by atoms with Gasteiger partial charge in [0.1, 0.15) is 0 Å². The number of carbonyl (C=O) groups excluding carboxylic acids is 1. The van der Waals surface area contributed by atoms with Gasteiger partial charge < -0.3 is 9.80 Å². The van der Waals surface area contributed by atoms with Crippen molar-refractivity contribution in [3.63, 3.8) is 0 Å². The second-order valence-corrected chi connectivity index (χ2v) is 6.92. The first-order chi connectivity index (χ1) is 12.2. The van der Waals surface area contributed by atoms with Gasteiger partial charge in [0.05, 0.1) is 0 Å². The third-order valence-corrected chi connectivity index (χ3v) is 5.21. The molecule has 0 atom stereocenters. The van der Waals surface area contributed by atoms with E-state index in [9.17, 15) is 4.79 Å². The molecule has 2 aliphatic rings. The molecular formula is C17H25N7O. The highest BCUT2D eigenvalue weighted by Crippen LogP contribution is 2.10. The van der Waals surface area contributed by atoms with Crippen LogP contribution >= 0.6 is 0 Å². The van der Waals surface area contributed by atoms with Crippen LogP contribution in [0.1, 0.15) is 29.2 Å². The number of aryl methyl sites for hydroxylation is 1. The van der Waals surface area contributed by atoms with E-state index in [0.29, 0.717) is 5.78 Å². The van der Waals surface area contributed by atoms with Gasteiger partial charge in [-0.15, -0.1) is 5.10 Å². The minimum absolute atomic E-state index is 0.0934. The molecule has 0 aromatic carbocycles. The summed E-state index contributed by atoms with van der Waals surface area (Å²) in [5.41, 5.74) is 0.920. The lowest BCUT2D eigenvalue weighted by molar-refractivity contribution is 0.0615. The Morgan fingerprint density at radius 1 is 1.04 bits per heavy atom. The van der Waals surface area contributed by atoms with E-state index in [-0.39, 0.29) is 11.7 Å². The van der Waals surface area contributed by atoms with Gasteiger partial charge in [0.15, 0.2) is 0 Å². The van der Waals surface area contributed by atoms with Gasteiger partial charge in [0.25, 0.3) is 11.7 Å². The number of nitrogens with zero attached hydrogens (tertiary/aromatic N) is 7. The average molecular weight is 343 g/mol. The predicted molar refractivity (Wildman–Crippen MR) is 93.5 cm³/mol. The SMILES string of the molecule is Cc1ccnc2nc(C(=O)N3CCN(CCN4CCCC4)CC3)nn12. The Hall–Kier alpha value is -2.06. The van der Waals surface area contributed by atoms with Crippen LogP contribution in [0.25, 0.3) is 5.78 Å². The molecule has 2 aromatic heterocycles. The fourth-order valence-corrected chi connectivity index (χ4v) is 3.60. The van der Waals surface area contributed by atoms with Gasteiger partial charge >= 0.3 is 0 Å². The number of fused-ring (bicyclic) bond motifs is 1. The van der Waals surface area contributed by atoms with Gasteiger partial charge in [-0.2, -0.15) is 4.98 Å². The lowest BCUT2D eigenvalue weighted by Crippen LogP contribution is -2.50. The van der Waals surface area contributed by atoms with Crippen LogP contribution in [0.5, 0.6) is 0 Å². The van der Waals surface area contributed by atoms with Crippen molar-refractivity contribution in [2.45, 2.75) is 19.8 Å². The quantitative estimate of drug-likeness (QED) is 0.795. The standard InChI is InChI=1S/C17H25N7O/c1-14-4-5-18-17-19-15(20-24(14)17)16(25)23-12-10-22(11-13-23)9-8-21-6-2-3-7-21/h4-5H,2-3,6-13H2,1H3. The van der Waals surface area contributed by atoms with Crippen molar-refractivity contribution >= 4 is 11.7 Å².